The summed E-state index contributed by atoms with van der Waals surface area (Å²) in [4.78, 5) is 13.5. The number of benzene rings is 2. The summed E-state index contributed by atoms with van der Waals surface area (Å²) in [6, 6.07) is 17.0. The molecule has 5 nitrogen and oxygen atoms in total. The van der Waals surface area contributed by atoms with Gasteiger partial charge in [-0.05, 0) is 42.0 Å². The number of Topliss-reactive ketones (excluding diaryl/α,β-unsaturated/α-hetero) is 1. The minimum absolute atomic E-state index is 0.0181. The molecule has 2 aromatic rings. The summed E-state index contributed by atoms with van der Waals surface area (Å²) < 4.78 is 5.38. The molecule has 31 heavy (non-hydrogen) atoms. The first-order valence-corrected chi connectivity index (χ1v) is 11.1. The molecule has 1 aliphatic carbocycles. The molecule has 4 unspecified atom stereocenters. The van der Waals surface area contributed by atoms with E-state index >= 15 is 0 Å². The highest BCUT2D eigenvalue weighted by atomic mass is 16.5. The summed E-state index contributed by atoms with van der Waals surface area (Å²) in [6.07, 6.45) is 1.54. The molecule has 0 spiro atoms. The highest BCUT2D eigenvalue weighted by Gasteiger charge is 2.51. The van der Waals surface area contributed by atoms with Gasteiger partial charge in [-0.3, -0.25) is 4.79 Å². The fourth-order valence-corrected chi connectivity index (χ4v) is 5.57. The highest BCUT2D eigenvalue weighted by molar-refractivity contribution is 5.99. The molecule has 0 saturated carbocycles. The standard InChI is InChI=1S/C26H31N3O2/c1-15-5-7-17(8-6-15)24-23-21(16-9-11-18(31-4)12-10-16)22-19(27-25(23)29-28-24)13-26(2,3)14-20(22)30/h5-12,21,23-25,27-29H,13-14H2,1-4H3. The van der Waals surface area contributed by atoms with Gasteiger partial charge >= 0.3 is 0 Å². The zero-order chi connectivity index (χ0) is 21.8. The quantitative estimate of drug-likeness (QED) is 0.701. The van der Waals surface area contributed by atoms with E-state index in [1.54, 1.807) is 7.11 Å². The van der Waals surface area contributed by atoms with Gasteiger partial charge in [-0.1, -0.05) is 55.8 Å². The van der Waals surface area contributed by atoms with E-state index in [0.717, 1.165) is 23.4 Å². The largest absolute Gasteiger partial charge is 0.497 e. The fraction of sp³-hybridized carbons (Fsp3) is 0.423. The zero-order valence-electron chi connectivity index (χ0n) is 18.7. The number of hydrogen-bond donors (Lipinski definition) is 3. The molecule has 3 aliphatic rings. The van der Waals surface area contributed by atoms with Gasteiger partial charge < -0.3 is 10.1 Å². The molecule has 0 bridgehead atoms. The SMILES string of the molecule is COc1ccc(C2C3=C(CC(C)(C)CC3=O)NC3NNC(c4ccc(C)cc4)C32)cc1. The van der Waals surface area contributed by atoms with Crippen LogP contribution in [0.1, 0.15) is 55.3 Å². The number of hydrogen-bond acceptors (Lipinski definition) is 5. The number of fused-ring (bicyclic) bond motifs is 1. The molecule has 3 N–H and O–H groups in total. The lowest BCUT2D eigenvalue weighted by molar-refractivity contribution is -0.118. The maximum absolute atomic E-state index is 13.5. The van der Waals surface area contributed by atoms with Gasteiger partial charge in [0.05, 0.1) is 19.3 Å². The van der Waals surface area contributed by atoms with Crippen molar-refractivity contribution in [3.05, 3.63) is 76.5 Å². The second-order valence-electron chi connectivity index (χ2n) is 9.96. The van der Waals surface area contributed by atoms with E-state index in [4.69, 9.17) is 4.74 Å². The number of carbonyl (C=O) groups is 1. The number of ether oxygens (including phenoxy) is 1. The van der Waals surface area contributed by atoms with Crippen molar-refractivity contribution in [2.75, 3.05) is 7.11 Å². The molecule has 2 heterocycles. The highest BCUT2D eigenvalue weighted by Crippen LogP contribution is 2.51. The third-order valence-corrected chi connectivity index (χ3v) is 7.02. The van der Waals surface area contributed by atoms with Crippen LogP contribution in [-0.4, -0.2) is 19.1 Å². The van der Waals surface area contributed by atoms with Crippen LogP contribution in [0.15, 0.2) is 59.8 Å². The number of carbonyl (C=O) groups excluding carboxylic acids is 1. The van der Waals surface area contributed by atoms with Gasteiger partial charge in [-0.25, -0.2) is 10.9 Å². The van der Waals surface area contributed by atoms with Crippen LogP contribution in [0, 0.1) is 18.3 Å². The van der Waals surface area contributed by atoms with Crippen LogP contribution in [0.5, 0.6) is 5.75 Å². The maximum Gasteiger partial charge on any atom is 0.161 e. The number of allylic oxidation sites excluding steroid dienone is 2. The van der Waals surface area contributed by atoms with Crippen LogP contribution in [-0.2, 0) is 4.79 Å². The summed E-state index contributed by atoms with van der Waals surface area (Å²) >= 11 is 0. The Kier molecular flexibility index (Phi) is 4.91. The van der Waals surface area contributed by atoms with Gasteiger partial charge in [0, 0.05) is 29.5 Å². The van der Waals surface area contributed by atoms with Crippen molar-refractivity contribution >= 4 is 5.78 Å². The second kappa shape index (κ2) is 7.50. The van der Waals surface area contributed by atoms with Crippen LogP contribution >= 0.6 is 0 Å². The van der Waals surface area contributed by atoms with Gasteiger partial charge in [0.1, 0.15) is 5.75 Å². The monoisotopic (exact) mass is 417 g/mol. The van der Waals surface area contributed by atoms with Crippen molar-refractivity contribution in [1.82, 2.24) is 16.2 Å². The van der Waals surface area contributed by atoms with Crippen LogP contribution in [0.3, 0.4) is 0 Å². The van der Waals surface area contributed by atoms with Gasteiger partial charge in [-0.15, -0.1) is 0 Å². The molecule has 0 amide bonds. The van der Waals surface area contributed by atoms with Crippen LogP contribution in [0.4, 0.5) is 0 Å². The van der Waals surface area contributed by atoms with E-state index in [0.29, 0.717) is 6.42 Å². The van der Waals surface area contributed by atoms with Gasteiger partial charge in [-0.2, -0.15) is 0 Å². The van der Waals surface area contributed by atoms with Crippen molar-refractivity contribution in [2.45, 2.75) is 51.7 Å². The van der Waals surface area contributed by atoms with Gasteiger partial charge in [0.15, 0.2) is 5.78 Å². The fourth-order valence-electron chi connectivity index (χ4n) is 5.57. The Bertz CT molecular complexity index is 1020. The van der Waals surface area contributed by atoms with Crippen molar-refractivity contribution in [3.8, 4) is 5.75 Å². The first-order chi connectivity index (χ1) is 14.9. The number of hydrazine groups is 1. The van der Waals surface area contributed by atoms with E-state index in [2.05, 4.69) is 73.3 Å². The number of methoxy groups -OCH3 is 1. The minimum Gasteiger partial charge on any atom is -0.497 e. The maximum atomic E-state index is 13.5. The molecule has 2 aromatic carbocycles. The lowest BCUT2D eigenvalue weighted by atomic mass is 9.65. The van der Waals surface area contributed by atoms with Crippen LogP contribution in [0.2, 0.25) is 0 Å². The molecule has 5 heteroatoms. The second-order valence-corrected chi connectivity index (χ2v) is 9.96. The average Bonchev–Trinajstić information content (AvgIpc) is 3.15. The number of ketones is 1. The van der Waals surface area contributed by atoms with E-state index in [9.17, 15) is 4.79 Å². The zero-order valence-corrected chi connectivity index (χ0v) is 18.7. The summed E-state index contributed by atoms with van der Waals surface area (Å²) in [5.41, 5.74) is 12.7. The summed E-state index contributed by atoms with van der Waals surface area (Å²) in [5, 5.41) is 3.70. The normalized spacial score (nSPS) is 29.2. The lowest BCUT2D eigenvalue weighted by Gasteiger charge is -2.44. The molecule has 162 valence electrons. The molecule has 1 saturated heterocycles. The number of rotatable bonds is 3. The van der Waals surface area contributed by atoms with Crippen molar-refractivity contribution in [2.24, 2.45) is 11.3 Å². The molecular weight excluding hydrogens is 386 g/mol. The molecule has 2 aliphatic heterocycles. The van der Waals surface area contributed by atoms with Crippen molar-refractivity contribution in [3.63, 3.8) is 0 Å². The predicted octanol–water partition coefficient (Wildman–Crippen LogP) is 4.13. The first kappa shape index (κ1) is 20.3. The Balaban J connectivity index is 1.63. The minimum atomic E-state index is -0.0252. The number of aryl methyl sites for hydroxylation is 1. The van der Waals surface area contributed by atoms with E-state index in [1.807, 2.05) is 12.1 Å². The Morgan fingerprint density at radius 3 is 2.29 bits per heavy atom. The summed E-state index contributed by atoms with van der Waals surface area (Å²) in [5.74, 6) is 1.29. The summed E-state index contributed by atoms with van der Waals surface area (Å²) in [7, 11) is 1.68. The van der Waals surface area contributed by atoms with Gasteiger partial charge in [0.2, 0.25) is 0 Å². The Hall–Kier alpha value is -2.63. The first-order valence-electron chi connectivity index (χ1n) is 11.1. The van der Waals surface area contributed by atoms with Crippen LogP contribution < -0.4 is 20.9 Å². The average molecular weight is 418 g/mol. The molecule has 0 radical (unpaired) electrons. The molecule has 0 aromatic heterocycles. The topological polar surface area (TPSA) is 62.4 Å². The predicted molar refractivity (Wildman–Crippen MR) is 121 cm³/mol. The van der Waals surface area contributed by atoms with Crippen molar-refractivity contribution < 1.29 is 9.53 Å². The Morgan fingerprint density at radius 2 is 1.61 bits per heavy atom. The van der Waals surface area contributed by atoms with Crippen LogP contribution in [0.25, 0.3) is 0 Å². The Labute approximate surface area is 184 Å². The van der Waals surface area contributed by atoms with Gasteiger partial charge in [0.25, 0.3) is 0 Å². The van der Waals surface area contributed by atoms with E-state index in [1.165, 1.54) is 16.7 Å². The molecule has 1 fully saturated rings. The van der Waals surface area contributed by atoms with E-state index in [-0.39, 0.29) is 35.2 Å². The molecular formula is C26H31N3O2. The third kappa shape index (κ3) is 3.56. The lowest BCUT2D eigenvalue weighted by Crippen LogP contribution is -2.51. The molecule has 5 rings (SSSR count). The third-order valence-electron chi connectivity index (χ3n) is 7.02. The Morgan fingerprint density at radius 1 is 0.935 bits per heavy atom. The number of nitrogens with one attached hydrogen (secondary N) is 3. The van der Waals surface area contributed by atoms with Crippen molar-refractivity contribution in [1.29, 1.82) is 0 Å². The molecule has 4 atom stereocenters. The van der Waals surface area contributed by atoms with E-state index < -0.39 is 0 Å². The summed E-state index contributed by atoms with van der Waals surface area (Å²) in [6.45, 7) is 6.47. The smallest absolute Gasteiger partial charge is 0.161 e.